The fourth-order valence-electron chi connectivity index (χ4n) is 2.95. The maximum atomic E-state index is 12.6. The molecule has 0 saturated carbocycles. The standard InChI is InChI=1S/C22H30N2O5S/c1-5-28-20-13-12-19(14-21(20)29-6-2)17(3)23-22(25)16-24(30(4,26)27)15-18-10-8-7-9-11-18/h7-14,17H,5-6,15-16H2,1-4H3,(H,23,25). The van der Waals surface area contributed by atoms with E-state index in [1.54, 1.807) is 0 Å². The number of ether oxygens (including phenoxy) is 2. The third kappa shape index (κ3) is 7.03. The lowest BCUT2D eigenvalue weighted by Gasteiger charge is -2.22. The largest absolute Gasteiger partial charge is 0.490 e. The summed E-state index contributed by atoms with van der Waals surface area (Å²) in [6, 6.07) is 14.3. The minimum Gasteiger partial charge on any atom is -0.490 e. The van der Waals surface area contributed by atoms with Crippen LogP contribution in [0.25, 0.3) is 0 Å². The van der Waals surface area contributed by atoms with Gasteiger partial charge in [-0.1, -0.05) is 36.4 Å². The van der Waals surface area contributed by atoms with E-state index in [-0.39, 0.29) is 25.0 Å². The van der Waals surface area contributed by atoms with E-state index in [1.165, 1.54) is 0 Å². The highest BCUT2D eigenvalue weighted by Crippen LogP contribution is 2.30. The zero-order valence-corrected chi connectivity index (χ0v) is 18.7. The van der Waals surface area contributed by atoms with Gasteiger partial charge in [-0.05, 0) is 44.0 Å². The van der Waals surface area contributed by atoms with E-state index in [1.807, 2.05) is 69.3 Å². The van der Waals surface area contributed by atoms with Crippen LogP contribution in [0.15, 0.2) is 48.5 Å². The van der Waals surface area contributed by atoms with Gasteiger partial charge in [0, 0.05) is 6.54 Å². The van der Waals surface area contributed by atoms with E-state index in [9.17, 15) is 13.2 Å². The third-order valence-electron chi connectivity index (χ3n) is 4.44. The van der Waals surface area contributed by atoms with Crippen LogP contribution in [0.2, 0.25) is 0 Å². The minimum absolute atomic E-state index is 0.138. The van der Waals surface area contributed by atoms with Gasteiger partial charge in [0.1, 0.15) is 0 Å². The third-order valence-corrected chi connectivity index (χ3v) is 5.63. The molecule has 1 N–H and O–H groups in total. The van der Waals surface area contributed by atoms with Crippen molar-refractivity contribution in [1.29, 1.82) is 0 Å². The molecular formula is C22H30N2O5S. The smallest absolute Gasteiger partial charge is 0.235 e. The molecule has 2 aromatic rings. The highest BCUT2D eigenvalue weighted by atomic mass is 32.2. The van der Waals surface area contributed by atoms with Crippen LogP contribution >= 0.6 is 0 Å². The van der Waals surface area contributed by atoms with Crippen LogP contribution in [0, 0.1) is 0 Å². The molecule has 0 aliphatic carbocycles. The van der Waals surface area contributed by atoms with Gasteiger partial charge in [0.15, 0.2) is 11.5 Å². The molecule has 0 fully saturated rings. The predicted octanol–water partition coefficient (Wildman–Crippen LogP) is 3.12. The minimum atomic E-state index is -3.55. The molecule has 0 spiro atoms. The van der Waals surface area contributed by atoms with E-state index in [2.05, 4.69) is 5.32 Å². The first-order valence-corrected chi connectivity index (χ1v) is 11.8. The molecule has 0 aliphatic rings. The molecule has 164 valence electrons. The molecule has 0 saturated heterocycles. The summed E-state index contributed by atoms with van der Waals surface area (Å²) in [6.45, 7) is 6.52. The number of hydrogen-bond acceptors (Lipinski definition) is 5. The van der Waals surface area contributed by atoms with Crippen molar-refractivity contribution in [3.63, 3.8) is 0 Å². The lowest BCUT2D eigenvalue weighted by atomic mass is 10.1. The summed E-state index contributed by atoms with van der Waals surface area (Å²) in [5, 5.41) is 2.86. The Morgan fingerprint density at radius 1 is 1.03 bits per heavy atom. The molecule has 1 amide bonds. The monoisotopic (exact) mass is 434 g/mol. The Morgan fingerprint density at radius 2 is 1.67 bits per heavy atom. The van der Waals surface area contributed by atoms with Gasteiger partial charge in [0.2, 0.25) is 15.9 Å². The van der Waals surface area contributed by atoms with Crippen molar-refractivity contribution in [3.8, 4) is 11.5 Å². The molecule has 7 nitrogen and oxygen atoms in total. The van der Waals surface area contributed by atoms with Crippen LogP contribution in [0.1, 0.15) is 37.9 Å². The number of rotatable bonds is 11. The second-order valence-electron chi connectivity index (χ2n) is 6.88. The van der Waals surface area contributed by atoms with Crippen molar-refractivity contribution in [3.05, 3.63) is 59.7 Å². The first kappa shape index (κ1) is 23.7. The summed E-state index contributed by atoms with van der Waals surface area (Å²) in [7, 11) is -3.55. The fourth-order valence-corrected chi connectivity index (χ4v) is 3.68. The number of carbonyl (C=O) groups is 1. The Balaban J connectivity index is 2.08. The Bertz CT molecular complexity index is 932. The normalized spacial score (nSPS) is 12.4. The summed E-state index contributed by atoms with van der Waals surface area (Å²) in [5.74, 6) is 0.878. The number of sulfonamides is 1. The van der Waals surface area contributed by atoms with Crippen LogP contribution in [0.5, 0.6) is 11.5 Å². The van der Waals surface area contributed by atoms with E-state index in [4.69, 9.17) is 9.47 Å². The average Bonchev–Trinajstić information content (AvgIpc) is 2.69. The molecule has 0 aliphatic heterocycles. The summed E-state index contributed by atoms with van der Waals surface area (Å²) >= 11 is 0. The predicted molar refractivity (Wildman–Crippen MR) is 117 cm³/mol. The lowest BCUT2D eigenvalue weighted by Crippen LogP contribution is -2.40. The van der Waals surface area contributed by atoms with E-state index < -0.39 is 10.0 Å². The molecule has 0 aromatic heterocycles. The number of carbonyl (C=O) groups excluding carboxylic acids is 1. The van der Waals surface area contributed by atoms with E-state index >= 15 is 0 Å². The summed E-state index contributed by atoms with van der Waals surface area (Å²) < 4.78 is 36.7. The lowest BCUT2D eigenvalue weighted by molar-refractivity contribution is -0.122. The van der Waals surface area contributed by atoms with Gasteiger partial charge >= 0.3 is 0 Å². The van der Waals surface area contributed by atoms with Gasteiger partial charge < -0.3 is 14.8 Å². The van der Waals surface area contributed by atoms with Crippen LogP contribution in [-0.4, -0.2) is 44.6 Å². The van der Waals surface area contributed by atoms with Crippen LogP contribution < -0.4 is 14.8 Å². The summed E-state index contributed by atoms with van der Waals surface area (Å²) in [4.78, 5) is 12.6. The van der Waals surface area contributed by atoms with Gasteiger partial charge in [-0.3, -0.25) is 4.79 Å². The van der Waals surface area contributed by atoms with Gasteiger partial charge in [0.25, 0.3) is 0 Å². The Hall–Kier alpha value is -2.58. The molecule has 8 heteroatoms. The topological polar surface area (TPSA) is 84.9 Å². The van der Waals surface area contributed by atoms with Crippen LogP contribution in [0.4, 0.5) is 0 Å². The zero-order chi connectivity index (χ0) is 22.1. The quantitative estimate of drug-likeness (QED) is 0.587. The summed E-state index contributed by atoms with van der Waals surface area (Å²) in [6.07, 6.45) is 1.10. The molecule has 0 heterocycles. The zero-order valence-electron chi connectivity index (χ0n) is 17.9. The van der Waals surface area contributed by atoms with Gasteiger partial charge in [-0.2, -0.15) is 4.31 Å². The van der Waals surface area contributed by atoms with Crippen molar-refractivity contribution in [1.82, 2.24) is 9.62 Å². The Morgan fingerprint density at radius 3 is 2.27 bits per heavy atom. The van der Waals surface area contributed by atoms with Crippen LogP contribution in [0.3, 0.4) is 0 Å². The number of benzene rings is 2. The number of amides is 1. The van der Waals surface area contributed by atoms with Crippen LogP contribution in [-0.2, 0) is 21.4 Å². The molecule has 1 atom stereocenters. The number of hydrogen-bond donors (Lipinski definition) is 1. The average molecular weight is 435 g/mol. The molecule has 2 aromatic carbocycles. The highest BCUT2D eigenvalue weighted by molar-refractivity contribution is 7.88. The second-order valence-corrected chi connectivity index (χ2v) is 8.86. The molecule has 0 radical (unpaired) electrons. The van der Waals surface area contributed by atoms with Crippen molar-refractivity contribution < 1.29 is 22.7 Å². The second kappa shape index (κ2) is 11.0. The SMILES string of the molecule is CCOc1ccc(C(C)NC(=O)CN(Cc2ccccc2)S(C)(=O)=O)cc1OCC. The Kier molecular flexibility index (Phi) is 8.68. The fraction of sp³-hybridized carbons (Fsp3) is 0.409. The number of nitrogens with zero attached hydrogens (tertiary/aromatic N) is 1. The van der Waals surface area contributed by atoms with Crippen molar-refractivity contribution in [2.75, 3.05) is 26.0 Å². The number of nitrogens with one attached hydrogen (secondary N) is 1. The van der Waals surface area contributed by atoms with E-state index in [0.717, 1.165) is 21.7 Å². The van der Waals surface area contributed by atoms with Gasteiger partial charge in [-0.25, -0.2) is 8.42 Å². The first-order valence-electron chi connectivity index (χ1n) is 9.92. The molecule has 0 bridgehead atoms. The van der Waals surface area contributed by atoms with Crippen molar-refractivity contribution in [2.45, 2.75) is 33.4 Å². The maximum absolute atomic E-state index is 12.6. The van der Waals surface area contributed by atoms with Crippen molar-refractivity contribution >= 4 is 15.9 Å². The van der Waals surface area contributed by atoms with Gasteiger partial charge in [-0.15, -0.1) is 0 Å². The van der Waals surface area contributed by atoms with Gasteiger partial charge in [0.05, 0.1) is 32.1 Å². The highest BCUT2D eigenvalue weighted by Gasteiger charge is 2.22. The first-order chi connectivity index (χ1) is 14.2. The molecule has 30 heavy (non-hydrogen) atoms. The maximum Gasteiger partial charge on any atom is 0.235 e. The molecule has 1 unspecified atom stereocenters. The molecular weight excluding hydrogens is 404 g/mol. The Labute approximate surface area is 179 Å². The molecule has 2 rings (SSSR count). The summed E-state index contributed by atoms with van der Waals surface area (Å²) in [5.41, 5.74) is 1.65. The van der Waals surface area contributed by atoms with Crippen molar-refractivity contribution in [2.24, 2.45) is 0 Å². The van der Waals surface area contributed by atoms with E-state index in [0.29, 0.717) is 24.7 Å².